The highest BCUT2D eigenvalue weighted by molar-refractivity contribution is 5.19. The van der Waals surface area contributed by atoms with Crippen LogP contribution in [-0.4, -0.2) is 13.1 Å². The molecule has 0 radical (unpaired) electrons. The van der Waals surface area contributed by atoms with E-state index >= 15 is 0 Å². The molecule has 0 heterocycles. The van der Waals surface area contributed by atoms with Gasteiger partial charge in [0.25, 0.3) is 0 Å². The van der Waals surface area contributed by atoms with Gasteiger partial charge >= 0.3 is 0 Å². The second kappa shape index (κ2) is 8.05. The molecule has 0 aliphatic rings. The van der Waals surface area contributed by atoms with Gasteiger partial charge in [-0.1, -0.05) is 37.3 Å². The van der Waals surface area contributed by atoms with E-state index in [0.29, 0.717) is 6.42 Å². The summed E-state index contributed by atoms with van der Waals surface area (Å²) in [6.45, 7) is 4.23. The van der Waals surface area contributed by atoms with Gasteiger partial charge in [0, 0.05) is 0 Å². The van der Waals surface area contributed by atoms with Gasteiger partial charge in [-0.15, -0.1) is 0 Å². The van der Waals surface area contributed by atoms with Crippen LogP contribution in [0.5, 0.6) is 0 Å². The fourth-order valence-electron chi connectivity index (χ4n) is 1.48. The Morgan fingerprint density at radius 1 is 1.19 bits per heavy atom. The Morgan fingerprint density at radius 3 is 2.75 bits per heavy atom. The first-order valence-electron chi connectivity index (χ1n) is 5.93. The number of hydrogen-bond acceptors (Lipinski definition) is 1. The van der Waals surface area contributed by atoms with Crippen LogP contribution in [0.4, 0.5) is 4.39 Å². The van der Waals surface area contributed by atoms with Crippen LogP contribution in [0, 0.1) is 5.82 Å². The lowest BCUT2D eigenvalue weighted by atomic mass is 10.1. The maximum atomic E-state index is 13.2. The van der Waals surface area contributed by atoms with Crippen molar-refractivity contribution >= 4 is 0 Å². The average molecular weight is 221 g/mol. The van der Waals surface area contributed by atoms with Crippen LogP contribution in [0.2, 0.25) is 0 Å². The van der Waals surface area contributed by atoms with E-state index in [0.717, 1.165) is 25.1 Å². The highest BCUT2D eigenvalue weighted by Gasteiger charge is 1.96. The summed E-state index contributed by atoms with van der Waals surface area (Å²) in [7, 11) is 0. The zero-order chi connectivity index (χ0) is 11.6. The van der Waals surface area contributed by atoms with E-state index < -0.39 is 0 Å². The predicted molar refractivity (Wildman–Crippen MR) is 67.0 cm³/mol. The standard InChI is InChI=1S/C14H20FN/c1-2-11-16-12-7-3-4-8-13-9-5-6-10-14(13)15/h3-6,9-10,16H,2,7-8,11-12H2,1H3. The van der Waals surface area contributed by atoms with Crippen molar-refractivity contribution < 1.29 is 4.39 Å². The molecule has 0 bridgehead atoms. The highest BCUT2D eigenvalue weighted by Crippen LogP contribution is 2.07. The molecule has 1 N–H and O–H groups in total. The molecule has 0 aromatic heterocycles. The van der Waals surface area contributed by atoms with Gasteiger partial charge in [-0.05, 0) is 44.0 Å². The van der Waals surface area contributed by atoms with Crippen molar-refractivity contribution in [3.05, 3.63) is 47.8 Å². The second-order valence-corrected chi connectivity index (χ2v) is 3.81. The molecule has 0 amide bonds. The molecule has 0 aliphatic carbocycles. The van der Waals surface area contributed by atoms with Gasteiger partial charge in [-0.3, -0.25) is 0 Å². The molecule has 0 aliphatic heterocycles. The van der Waals surface area contributed by atoms with Crippen molar-refractivity contribution in [2.75, 3.05) is 13.1 Å². The lowest BCUT2D eigenvalue weighted by Gasteiger charge is -1.99. The summed E-state index contributed by atoms with van der Waals surface area (Å²) in [4.78, 5) is 0. The van der Waals surface area contributed by atoms with Crippen LogP contribution < -0.4 is 5.32 Å². The van der Waals surface area contributed by atoms with Crippen molar-refractivity contribution in [3.63, 3.8) is 0 Å². The Bertz CT molecular complexity index is 320. The number of rotatable bonds is 7. The number of benzene rings is 1. The van der Waals surface area contributed by atoms with Gasteiger partial charge in [-0.2, -0.15) is 0 Å². The van der Waals surface area contributed by atoms with Crippen molar-refractivity contribution in [2.45, 2.75) is 26.2 Å². The van der Waals surface area contributed by atoms with Gasteiger partial charge < -0.3 is 5.32 Å². The smallest absolute Gasteiger partial charge is 0.126 e. The minimum atomic E-state index is -0.115. The Kier molecular flexibility index (Phi) is 6.50. The Labute approximate surface area is 97.4 Å². The minimum Gasteiger partial charge on any atom is -0.316 e. The molecule has 0 saturated carbocycles. The van der Waals surface area contributed by atoms with Crippen molar-refractivity contribution in [1.29, 1.82) is 0 Å². The molecule has 1 rings (SSSR count). The Balaban J connectivity index is 2.19. The molecule has 16 heavy (non-hydrogen) atoms. The molecule has 1 aromatic carbocycles. The van der Waals surface area contributed by atoms with E-state index in [1.807, 2.05) is 18.2 Å². The molecule has 0 spiro atoms. The third-order valence-corrected chi connectivity index (χ3v) is 2.38. The van der Waals surface area contributed by atoms with Crippen molar-refractivity contribution in [1.82, 2.24) is 5.32 Å². The van der Waals surface area contributed by atoms with E-state index in [1.165, 1.54) is 12.5 Å². The Hall–Kier alpha value is -1.15. The van der Waals surface area contributed by atoms with E-state index in [-0.39, 0.29) is 5.82 Å². The molecule has 0 fully saturated rings. The summed E-state index contributed by atoms with van der Waals surface area (Å²) in [6.07, 6.45) is 7.00. The monoisotopic (exact) mass is 221 g/mol. The summed E-state index contributed by atoms with van der Waals surface area (Å²) < 4.78 is 13.2. The predicted octanol–water partition coefficient (Wildman–Crippen LogP) is 3.31. The van der Waals surface area contributed by atoms with Crippen LogP contribution >= 0.6 is 0 Å². The van der Waals surface area contributed by atoms with Crippen LogP contribution in [-0.2, 0) is 6.42 Å². The lowest BCUT2D eigenvalue weighted by molar-refractivity contribution is 0.614. The molecular formula is C14H20FN. The quantitative estimate of drug-likeness (QED) is 0.550. The summed E-state index contributed by atoms with van der Waals surface area (Å²) in [5.74, 6) is -0.115. The van der Waals surface area contributed by atoms with Gasteiger partial charge in [0.2, 0.25) is 0 Å². The summed E-state index contributed by atoms with van der Waals surface area (Å²) >= 11 is 0. The van der Waals surface area contributed by atoms with E-state index in [9.17, 15) is 4.39 Å². The fraction of sp³-hybridized carbons (Fsp3) is 0.429. The summed E-state index contributed by atoms with van der Waals surface area (Å²) in [5, 5.41) is 3.32. The normalized spacial score (nSPS) is 11.1. The van der Waals surface area contributed by atoms with Crippen LogP contribution in [0.15, 0.2) is 36.4 Å². The zero-order valence-electron chi connectivity index (χ0n) is 9.88. The third-order valence-electron chi connectivity index (χ3n) is 2.38. The Morgan fingerprint density at radius 2 is 2.00 bits per heavy atom. The minimum absolute atomic E-state index is 0.115. The largest absolute Gasteiger partial charge is 0.316 e. The lowest BCUT2D eigenvalue weighted by Crippen LogP contribution is -2.15. The number of nitrogens with one attached hydrogen (secondary N) is 1. The maximum Gasteiger partial charge on any atom is 0.126 e. The fourth-order valence-corrected chi connectivity index (χ4v) is 1.48. The molecular weight excluding hydrogens is 201 g/mol. The van der Waals surface area contributed by atoms with E-state index in [4.69, 9.17) is 0 Å². The molecule has 0 unspecified atom stereocenters. The van der Waals surface area contributed by atoms with Gasteiger partial charge in [0.15, 0.2) is 0 Å². The topological polar surface area (TPSA) is 12.0 Å². The van der Waals surface area contributed by atoms with Crippen molar-refractivity contribution in [3.8, 4) is 0 Å². The number of allylic oxidation sites excluding steroid dienone is 1. The first-order chi connectivity index (χ1) is 7.84. The molecule has 2 heteroatoms. The van der Waals surface area contributed by atoms with Gasteiger partial charge in [-0.25, -0.2) is 4.39 Å². The first-order valence-corrected chi connectivity index (χ1v) is 5.93. The average Bonchev–Trinajstić information content (AvgIpc) is 2.30. The van der Waals surface area contributed by atoms with Crippen molar-refractivity contribution in [2.24, 2.45) is 0 Å². The number of halogens is 1. The molecule has 0 atom stereocenters. The van der Waals surface area contributed by atoms with Crippen LogP contribution in [0.3, 0.4) is 0 Å². The third kappa shape index (κ3) is 5.08. The van der Waals surface area contributed by atoms with Gasteiger partial charge in [0.1, 0.15) is 5.82 Å². The second-order valence-electron chi connectivity index (χ2n) is 3.81. The SMILES string of the molecule is CCCNCCC=CCc1ccccc1F. The van der Waals surface area contributed by atoms with E-state index in [2.05, 4.69) is 18.3 Å². The summed E-state index contributed by atoms with van der Waals surface area (Å²) in [5.41, 5.74) is 0.764. The van der Waals surface area contributed by atoms with Gasteiger partial charge in [0.05, 0.1) is 0 Å². The van der Waals surface area contributed by atoms with E-state index in [1.54, 1.807) is 6.07 Å². The molecule has 1 nitrogen and oxygen atoms in total. The molecule has 88 valence electrons. The molecule has 1 aromatic rings. The van der Waals surface area contributed by atoms with Crippen LogP contribution in [0.1, 0.15) is 25.3 Å². The maximum absolute atomic E-state index is 13.2. The summed E-state index contributed by atoms with van der Waals surface area (Å²) in [6, 6.07) is 6.92. The zero-order valence-corrected chi connectivity index (χ0v) is 9.88. The first kappa shape index (κ1) is 12.9. The molecule has 0 saturated heterocycles. The number of hydrogen-bond donors (Lipinski definition) is 1. The highest BCUT2D eigenvalue weighted by atomic mass is 19.1. The van der Waals surface area contributed by atoms with Crippen LogP contribution in [0.25, 0.3) is 0 Å².